The normalized spacial score (nSPS) is 20.8. The molecule has 33 heavy (non-hydrogen) atoms. The number of hydrogen-bond acceptors (Lipinski definition) is 8. The van der Waals surface area contributed by atoms with Gasteiger partial charge in [0.15, 0.2) is 5.69 Å². The zero-order valence-electron chi connectivity index (χ0n) is 18.2. The number of ether oxygens (including phenoxy) is 1. The fourth-order valence-electron chi connectivity index (χ4n) is 4.31. The predicted octanol–water partition coefficient (Wildman–Crippen LogP) is 1.14. The molecule has 168 valence electrons. The van der Waals surface area contributed by atoms with E-state index in [4.69, 9.17) is 11.3 Å². The van der Waals surface area contributed by atoms with Gasteiger partial charge in [-0.1, -0.05) is 18.2 Å². The van der Waals surface area contributed by atoms with Gasteiger partial charge < -0.3 is 9.64 Å². The summed E-state index contributed by atoms with van der Waals surface area (Å²) in [6.45, 7) is 12.7. The molecule has 0 bridgehead atoms. The summed E-state index contributed by atoms with van der Waals surface area (Å²) in [5.41, 5.74) is 3.49. The smallest absolute Gasteiger partial charge is 0.253 e. The maximum Gasteiger partial charge on any atom is 0.253 e. The summed E-state index contributed by atoms with van der Waals surface area (Å²) in [6.07, 6.45) is 4.92. The Balaban J connectivity index is 1.17. The SMILES string of the molecule is [C-]#[N+]c1ccc([C@H]2CN3CCN(C(=O)Cc4cnc(-n5cnnn5)nc4)C[C@H]3CO2)cc1C. The van der Waals surface area contributed by atoms with Crippen LogP contribution in [-0.4, -0.2) is 84.7 Å². The summed E-state index contributed by atoms with van der Waals surface area (Å²) in [6, 6.07) is 6.08. The average molecular weight is 445 g/mol. The number of rotatable bonds is 4. The first kappa shape index (κ1) is 21.1. The standard InChI is InChI=1S/C22H23N9O2/c1-15-7-17(3-4-19(15)23-2)20-12-29-5-6-30(11-18(29)13-33-20)21(32)8-16-9-24-22(25-10-16)31-14-26-27-28-31/h3-4,7,9-10,14,18,20H,5-6,8,11-13H2,1H3/t18-,20+/m0/s1. The van der Waals surface area contributed by atoms with Gasteiger partial charge in [-0.15, -0.1) is 5.10 Å². The topological polar surface area (TPSA) is 107 Å². The molecule has 2 aromatic heterocycles. The van der Waals surface area contributed by atoms with E-state index in [2.05, 4.69) is 35.2 Å². The molecule has 0 aliphatic carbocycles. The molecule has 0 radical (unpaired) electrons. The van der Waals surface area contributed by atoms with Crippen molar-refractivity contribution >= 4 is 11.6 Å². The molecule has 0 spiro atoms. The molecule has 11 heteroatoms. The highest BCUT2D eigenvalue weighted by Crippen LogP contribution is 2.30. The predicted molar refractivity (Wildman–Crippen MR) is 117 cm³/mol. The first-order valence-electron chi connectivity index (χ1n) is 10.8. The van der Waals surface area contributed by atoms with Crippen LogP contribution in [0.25, 0.3) is 10.8 Å². The van der Waals surface area contributed by atoms with E-state index in [1.165, 1.54) is 11.0 Å². The average Bonchev–Trinajstić information content (AvgIpc) is 3.39. The molecule has 4 heterocycles. The van der Waals surface area contributed by atoms with E-state index in [1.54, 1.807) is 12.4 Å². The van der Waals surface area contributed by atoms with Gasteiger partial charge in [-0.25, -0.2) is 14.8 Å². The number of amides is 1. The Morgan fingerprint density at radius 2 is 2.09 bits per heavy atom. The maximum absolute atomic E-state index is 12.9. The van der Waals surface area contributed by atoms with E-state index < -0.39 is 0 Å². The minimum atomic E-state index is -0.0159. The summed E-state index contributed by atoms with van der Waals surface area (Å²) >= 11 is 0. The Morgan fingerprint density at radius 3 is 2.82 bits per heavy atom. The van der Waals surface area contributed by atoms with Crippen LogP contribution in [0.15, 0.2) is 36.9 Å². The largest absolute Gasteiger partial charge is 0.370 e. The van der Waals surface area contributed by atoms with E-state index >= 15 is 0 Å². The Hall–Kier alpha value is -3.75. The number of benzene rings is 1. The van der Waals surface area contributed by atoms with Gasteiger partial charge >= 0.3 is 0 Å². The van der Waals surface area contributed by atoms with Crippen LogP contribution in [0, 0.1) is 13.5 Å². The van der Waals surface area contributed by atoms with Crippen LogP contribution in [0.1, 0.15) is 22.8 Å². The number of carbonyl (C=O) groups is 1. The van der Waals surface area contributed by atoms with Crippen molar-refractivity contribution in [2.75, 3.05) is 32.8 Å². The van der Waals surface area contributed by atoms with Crippen molar-refractivity contribution in [3.8, 4) is 5.95 Å². The van der Waals surface area contributed by atoms with Gasteiger partial charge in [0, 0.05) is 38.6 Å². The third kappa shape index (κ3) is 4.44. The van der Waals surface area contributed by atoms with Gasteiger partial charge in [-0.2, -0.15) is 4.68 Å². The van der Waals surface area contributed by atoms with Crippen LogP contribution in [0.4, 0.5) is 5.69 Å². The van der Waals surface area contributed by atoms with Crippen LogP contribution in [0.2, 0.25) is 0 Å². The number of fused-ring (bicyclic) bond motifs is 1. The number of aromatic nitrogens is 6. The monoisotopic (exact) mass is 445 g/mol. The van der Waals surface area contributed by atoms with Crippen molar-refractivity contribution in [2.45, 2.75) is 25.5 Å². The molecule has 11 nitrogen and oxygen atoms in total. The molecule has 1 aromatic carbocycles. The lowest BCUT2D eigenvalue weighted by atomic mass is 10.0. The van der Waals surface area contributed by atoms with Crippen LogP contribution in [0.5, 0.6) is 0 Å². The molecule has 2 aliphatic rings. The first-order chi connectivity index (χ1) is 16.1. The third-order valence-corrected chi connectivity index (χ3v) is 6.16. The van der Waals surface area contributed by atoms with Gasteiger partial charge in [0.2, 0.25) is 5.91 Å². The fraction of sp³-hybridized carbons (Fsp3) is 0.409. The lowest BCUT2D eigenvalue weighted by Crippen LogP contribution is -2.59. The summed E-state index contributed by atoms with van der Waals surface area (Å²) in [5, 5.41) is 10.9. The van der Waals surface area contributed by atoms with E-state index in [1.807, 2.05) is 30.0 Å². The van der Waals surface area contributed by atoms with Crippen molar-refractivity contribution in [1.29, 1.82) is 0 Å². The lowest BCUT2D eigenvalue weighted by molar-refractivity contribution is -0.139. The van der Waals surface area contributed by atoms with Gasteiger partial charge in [0.25, 0.3) is 5.95 Å². The van der Waals surface area contributed by atoms with Gasteiger partial charge in [0.1, 0.15) is 6.33 Å². The second kappa shape index (κ2) is 9.01. The second-order valence-corrected chi connectivity index (χ2v) is 8.29. The van der Waals surface area contributed by atoms with Crippen LogP contribution < -0.4 is 0 Å². The number of carbonyl (C=O) groups excluding carboxylic acids is 1. The van der Waals surface area contributed by atoms with E-state index in [0.717, 1.165) is 29.8 Å². The Labute approximate surface area is 190 Å². The fourth-order valence-corrected chi connectivity index (χ4v) is 4.31. The highest BCUT2D eigenvalue weighted by Gasteiger charge is 2.35. The molecule has 2 fully saturated rings. The number of piperazine rings is 1. The van der Waals surface area contributed by atoms with E-state index in [0.29, 0.717) is 31.3 Å². The highest BCUT2D eigenvalue weighted by atomic mass is 16.5. The van der Waals surface area contributed by atoms with E-state index in [9.17, 15) is 4.79 Å². The number of morpholine rings is 1. The number of aryl methyl sites for hydroxylation is 1. The number of nitrogens with zero attached hydrogens (tertiary/aromatic N) is 9. The summed E-state index contributed by atoms with van der Waals surface area (Å²) < 4.78 is 7.52. The minimum absolute atomic E-state index is 0.0159. The lowest BCUT2D eigenvalue weighted by Gasteiger charge is -2.46. The minimum Gasteiger partial charge on any atom is -0.370 e. The molecule has 5 rings (SSSR count). The Bertz CT molecular complexity index is 1170. The summed E-state index contributed by atoms with van der Waals surface area (Å²) in [7, 11) is 0. The molecule has 3 aromatic rings. The molecule has 0 N–H and O–H groups in total. The molecule has 1 amide bonds. The number of hydrogen-bond donors (Lipinski definition) is 0. The summed E-state index contributed by atoms with van der Waals surface area (Å²) in [5.74, 6) is 0.415. The van der Waals surface area contributed by atoms with Crippen molar-refractivity contribution in [3.63, 3.8) is 0 Å². The first-order valence-corrected chi connectivity index (χ1v) is 10.8. The van der Waals surface area contributed by atoms with Gasteiger partial charge in [-0.05, 0) is 34.0 Å². The van der Waals surface area contributed by atoms with Crippen molar-refractivity contribution in [3.05, 3.63) is 65.0 Å². The highest BCUT2D eigenvalue weighted by molar-refractivity contribution is 5.78. The van der Waals surface area contributed by atoms with E-state index in [-0.39, 0.29) is 24.5 Å². The molecule has 2 saturated heterocycles. The Morgan fingerprint density at radius 1 is 1.24 bits per heavy atom. The van der Waals surface area contributed by atoms with Crippen LogP contribution in [-0.2, 0) is 16.0 Å². The molecule has 0 saturated carbocycles. The molecule has 2 atom stereocenters. The van der Waals surface area contributed by atoms with Gasteiger partial charge in [-0.3, -0.25) is 9.69 Å². The third-order valence-electron chi connectivity index (χ3n) is 6.16. The van der Waals surface area contributed by atoms with Crippen LogP contribution >= 0.6 is 0 Å². The molecular formula is C22H23N9O2. The zero-order valence-corrected chi connectivity index (χ0v) is 18.2. The Kier molecular flexibility index (Phi) is 5.77. The second-order valence-electron chi connectivity index (χ2n) is 8.29. The summed E-state index contributed by atoms with van der Waals surface area (Å²) in [4.78, 5) is 29.2. The van der Waals surface area contributed by atoms with Gasteiger partial charge in [0.05, 0.1) is 31.7 Å². The number of tetrazole rings is 1. The molecule has 2 aliphatic heterocycles. The van der Waals surface area contributed by atoms with Crippen LogP contribution in [0.3, 0.4) is 0 Å². The maximum atomic E-state index is 12.9. The molecular weight excluding hydrogens is 422 g/mol. The zero-order chi connectivity index (χ0) is 22.8. The van der Waals surface area contributed by atoms with Crippen molar-refractivity contribution < 1.29 is 9.53 Å². The molecule has 0 unspecified atom stereocenters. The van der Waals surface area contributed by atoms with Crippen molar-refractivity contribution in [1.82, 2.24) is 40.0 Å². The quantitative estimate of drug-likeness (QED) is 0.551. The van der Waals surface area contributed by atoms with Crippen molar-refractivity contribution in [2.24, 2.45) is 0 Å².